The van der Waals surface area contributed by atoms with E-state index in [4.69, 9.17) is 16.3 Å². The Hall–Kier alpha value is -2.49. The second-order valence-corrected chi connectivity index (χ2v) is 8.21. The van der Waals surface area contributed by atoms with Crippen LogP contribution in [-0.2, 0) is 19.6 Å². The Morgan fingerprint density at radius 1 is 1.10 bits per heavy atom. The molecule has 2 aromatic rings. The second kappa shape index (κ2) is 9.82. The van der Waals surface area contributed by atoms with Crippen LogP contribution in [-0.4, -0.2) is 44.3 Å². The van der Waals surface area contributed by atoms with Gasteiger partial charge in [0.15, 0.2) is 6.61 Å². The van der Waals surface area contributed by atoms with Crippen molar-refractivity contribution in [2.75, 3.05) is 25.0 Å². The average molecular weight is 443 g/mol. The molecule has 0 aliphatic carbocycles. The van der Waals surface area contributed by atoms with Crippen LogP contribution in [0, 0.1) is 5.82 Å². The lowest BCUT2D eigenvalue weighted by Gasteiger charge is -2.19. The summed E-state index contributed by atoms with van der Waals surface area (Å²) in [7, 11) is -4.10. The lowest BCUT2D eigenvalue weighted by Crippen LogP contribution is -2.31. The summed E-state index contributed by atoms with van der Waals surface area (Å²) in [5.74, 6) is -2.53. The van der Waals surface area contributed by atoms with E-state index in [1.54, 1.807) is 38.1 Å². The summed E-state index contributed by atoms with van der Waals surface area (Å²) in [6.07, 6.45) is 0. The van der Waals surface area contributed by atoms with Gasteiger partial charge in [0.1, 0.15) is 10.7 Å². The first kappa shape index (κ1) is 22.8. The zero-order valence-corrected chi connectivity index (χ0v) is 17.4. The highest BCUT2D eigenvalue weighted by atomic mass is 35.5. The van der Waals surface area contributed by atoms with Crippen LogP contribution in [0.15, 0.2) is 47.4 Å². The third kappa shape index (κ3) is 5.75. The number of carbonyl (C=O) groups is 2. The number of hydrogen-bond donors (Lipinski definition) is 1. The maximum absolute atomic E-state index is 14.1. The number of nitrogens with zero attached hydrogens (tertiary/aromatic N) is 1. The highest BCUT2D eigenvalue weighted by Crippen LogP contribution is 2.21. The quantitative estimate of drug-likeness (QED) is 0.633. The largest absolute Gasteiger partial charge is 0.452 e. The van der Waals surface area contributed by atoms with E-state index in [9.17, 15) is 22.4 Å². The van der Waals surface area contributed by atoms with E-state index < -0.39 is 39.2 Å². The number of benzene rings is 2. The molecule has 0 saturated heterocycles. The van der Waals surface area contributed by atoms with Crippen molar-refractivity contribution < 1.29 is 27.1 Å². The monoisotopic (exact) mass is 442 g/mol. The molecule has 0 aliphatic rings. The van der Waals surface area contributed by atoms with Crippen molar-refractivity contribution >= 4 is 39.2 Å². The maximum atomic E-state index is 14.1. The Kier molecular flexibility index (Phi) is 7.72. The fraction of sp³-hybridized carbons (Fsp3) is 0.263. The van der Waals surface area contributed by atoms with Gasteiger partial charge in [0, 0.05) is 23.8 Å². The highest BCUT2D eigenvalue weighted by molar-refractivity contribution is 7.89. The van der Waals surface area contributed by atoms with Crippen molar-refractivity contribution in [1.29, 1.82) is 0 Å². The standard InChI is InChI=1S/C19H20ClFN2O5S/c1-3-23(4-2)29(26,27)17-11-13(5-10-16(17)21)19(25)28-12-18(24)22-15-8-6-14(20)7-9-15/h5-11H,3-4,12H2,1-2H3,(H,22,24). The molecule has 2 rings (SSSR count). The predicted molar refractivity (Wildman–Crippen MR) is 107 cm³/mol. The number of halogens is 2. The fourth-order valence-corrected chi connectivity index (χ4v) is 4.15. The molecule has 0 saturated carbocycles. The van der Waals surface area contributed by atoms with Gasteiger partial charge in [-0.05, 0) is 42.5 Å². The van der Waals surface area contributed by atoms with E-state index >= 15 is 0 Å². The normalized spacial score (nSPS) is 11.3. The third-order valence-electron chi connectivity index (χ3n) is 3.95. The molecule has 7 nitrogen and oxygen atoms in total. The highest BCUT2D eigenvalue weighted by Gasteiger charge is 2.26. The Bertz CT molecular complexity index is 992. The van der Waals surface area contributed by atoms with E-state index in [1.165, 1.54) is 0 Å². The van der Waals surface area contributed by atoms with Gasteiger partial charge < -0.3 is 10.1 Å². The van der Waals surface area contributed by atoms with Gasteiger partial charge in [-0.15, -0.1) is 0 Å². The summed E-state index contributed by atoms with van der Waals surface area (Å²) >= 11 is 5.76. The Morgan fingerprint density at radius 2 is 1.72 bits per heavy atom. The van der Waals surface area contributed by atoms with E-state index in [-0.39, 0.29) is 18.7 Å². The van der Waals surface area contributed by atoms with Crippen molar-refractivity contribution in [2.24, 2.45) is 0 Å². The lowest BCUT2D eigenvalue weighted by molar-refractivity contribution is -0.119. The lowest BCUT2D eigenvalue weighted by atomic mass is 10.2. The number of anilines is 1. The van der Waals surface area contributed by atoms with Crippen LogP contribution < -0.4 is 5.32 Å². The number of ether oxygens (including phenoxy) is 1. The molecule has 0 spiro atoms. The Balaban J connectivity index is 2.09. The van der Waals surface area contributed by atoms with Crippen LogP contribution in [0.2, 0.25) is 5.02 Å². The number of esters is 1. The molecule has 0 heterocycles. The number of carbonyl (C=O) groups excluding carboxylic acids is 2. The van der Waals surface area contributed by atoms with Crippen molar-refractivity contribution in [2.45, 2.75) is 18.7 Å². The van der Waals surface area contributed by atoms with Gasteiger partial charge >= 0.3 is 5.97 Å². The van der Waals surface area contributed by atoms with Crippen molar-refractivity contribution in [3.05, 3.63) is 58.9 Å². The molecule has 29 heavy (non-hydrogen) atoms. The minimum Gasteiger partial charge on any atom is -0.452 e. The minimum atomic E-state index is -4.10. The zero-order valence-electron chi connectivity index (χ0n) is 15.8. The van der Waals surface area contributed by atoms with Crippen LogP contribution in [0.3, 0.4) is 0 Å². The third-order valence-corrected chi connectivity index (χ3v) is 6.27. The zero-order chi connectivity index (χ0) is 21.6. The summed E-state index contributed by atoms with van der Waals surface area (Å²) in [6, 6.07) is 9.19. The van der Waals surface area contributed by atoms with E-state index in [0.717, 1.165) is 22.5 Å². The van der Waals surface area contributed by atoms with E-state index in [0.29, 0.717) is 10.7 Å². The number of hydrogen-bond acceptors (Lipinski definition) is 5. The molecule has 0 aromatic heterocycles. The summed E-state index contributed by atoms with van der Waals surface area (Å²) in [6.45, 7) is 2.94. The maximum Gasteiger partial charge on any atom is 0.338 e. The molecule has 2 aromatic carbocycles. The van der Waals surface area contributed by atoms with Crippen LogP contribution in [0.4, 0.5) is 10.1 Å². The molecule has 10 heteroatoms. The molecular formula is C19H20ClFN2O5S. The molecule has 1 N–H and O–H groups in total. The van der Waals surface area contributed by atoms with Gasteiger partial charge in [0.25, 0.3) is 5.91 Å². The van der Waals surface area contributed by atoms with Gasteiger partial charge in [-0.25, -0.2) is 17.6 Å². The molecule has 0 radical (unpaired) electrons. The van der Waals surface area contributed by atoms with Gasteiger partial charge in [-0.1, -0.05) is 25.4 Å². The molecule has 0 bridgehead atoms. The minimum absolute atomic E-state index is 0.151. The van der Waals surface area contributed by atoms with Gasteiger partial charge in [-0.2, -0.15) is 4.31 Å². The van der Waals surface area contributed by atoms with Crippen LogP contribution in [0.25, 0.3) is 0 Å². The summed E-state index contributed by atoms with van der Waals surface area (Å²) in [5.41, 5.74) is 0.279. The smallest absolute Gasteiger partial charge is 0.338 e. The predicted octanol–water partition coefficient (Wildman–Crippen LogP) is 3.31. The SMILES string of the molecule is CCN(CC)S(=O)(=O)c1cc(C(=O)OCC(=O)Nc2ccc(Cl)cc2)ccc1F. The van der Waals surface area contributed by atoms with Crippen molar-refractivity contribution in [3.63, 3.8) is 0 Å². The molecule has 0 aliphatic heterocycles. The topological polar surface area (TPSA) is 92.8 Å². The number of amides is 1. The molecule has 0 atom stereocenters. The first-order valence-electron chi connectivity index (χ1n) is 8.71. The second-order valence-electron chi connectivity index (χ2n) is 5.87. The number of nitrogens with one attached hydrogen (secondary N) is 1. The summed E-state index contributed by atoms with van der Waals surface area (Å²) < 4.78 is 45.2. The van der Waals surface area contributed by atoms with Gasteiger partial charge in [-0.3, -0.25) is 4.79 Å². The molecule has 1 amide bonds. The summed E-state index contributed by atoms with van der Waals surface area (Å²) in [4.78, 5) is 23.5. The van der Waals surface area contributed by atoms with Gasteiger partial charge in [0.05, 0.1) is 5.56 Å². The summed E-state index contributed by atoms with van der Waals surface area (Å²) in [5, 5.41) is 3.01. The van der Waals surface area contributed by atoms with Crippen molar-refractivity contribution in [3.8, 4) is 0 Å². The number of rotatable bonds is 8. The molecule has 156 valence electrons. The van der Waals surface area contributed by atoms with Crippen LogP contribution >= 0.6 is 11.6 Å². The Labute approximate surface area is 173 Å². The van der Waals surface area contributed by atoms with Crippen molar-refractivity contribution in [1.82, 2.24) is 4.31 Å². The Morgan fingerprint density at radius 3 is 2.31 bits per heavy atom. The fourth-order valence-electron chi connectivity index (χ4n) is 2.48. The average Bonchev–Trinajstić information content (AvgIpc) is 2.69. The van der Waals surface area contributed by atoms with Gasteiger partial charge in [0.2, 0.25) is 10.0 Å². The van der Waals surface area contributed by atoms with Crippen LogP contribution in [0.5, 0.6) is 0 Å². The molecular weight excluding hydrogens is 423 g/mol. The van der Waals surface area contributed by atoms with Crippen LogP contribution in [0.1, 0.15) is 24.2 Å². The molecule has 0 fully saturated rings. The first-order chi connectivity index (χ1) is 13.7. The molecule has 0 unspecified atom stereocenters. The van der Waals surface area contributed by atoms with E-state index in [1.807, 2.05) is 0 Å². The number of sulfonamides is 1. The first-order valence-corrected chi connectivity index (χ1v) is 10.5. The van der Waals surface area contributed by atoms with E-state index in [2.05, 4.69) is 5.32 Å².